The fraction of sp³-hybridized carbons (Fsp3) is 0.0714. The van der Waals surface area contributed by atoms with Crippen molar-refractivity contribution in [1.29, 1.82) is 5.26 Å². The van der Waals surface area contributed by atoms with Crippen LogP contribution in [0.1, 0.15) is 6.42 Å². The average Bonchev–Trinajstić information content (AvgIpc) is 2.48. The molecule has 8 heteroatoms. The molecule has 22 heavy (non-hydrogen) atoms. The van der Waals surface area contributed by atoms with Crippen molar-refractivity contribution in [2.45, 2.75) is 16.3 Å². The van der Waals surface area contributed by atoms with Gasteiger partial charge in [-0.2, -0.15) is 5.26 Å². The van der Waals surface area contributed by atoms with Gasteiger partial charge >= 0.3 is 5.69 Å². The molecule has 0 atom stereocenters. The van der Waals surface area contributed by atoms with Crippen molar-refractivity contribution in [3.8, 4) is 6.07 Å². The summed E-state index contributed by atoms with van der Waals surface area (Å²) >= 11 is 1.13. The molecule has 0 spiro atoms. The summed E-state index contributed by atoms with van der Waals surface area (Å²) in [6.07, 6.45) is 1.25. The van der Waals surface area contributed by atoms with E-state index in [0.717, 1.165) is 11.8 Å². The van der Waals surface area contributed by atoms with Crippen molar-refractivity contribution >= 4 is 29.0 Å². The minimum absolute atomic E-state index is 0.0774. The van der Waals surface area contributed by atoms with Crippen molar-refractivity contribution < 1.29 is 9.72 Å². The van der Waals surface area contributed by atoms with Crippen molar-refractivity contribution in [3.05, 3.63) is 52.7 Å². The molecule has 1 amide bonds. The standard InChI is InChI=1S/C14H10N4O3S/c15-7-6-13(19)17-10-3-1-4-11(9-10)22-14-12(18(20)21)5-2-8-16-14/h1-5,8-9H,6H2,(H,17,19). The summed E-state index contributed by atoms with van der Waals surface area (Å²) in [6.45, 7) is 0. The van der Waals surface area contributed by atoms with Crippen molar-refractivity contribution in [1.82, 2.24) is 4.98 Å². The van der Waals surface area contributed by atoms with E-state index in [0.29, 0.717) is 10.6 Å². The van der Waals surface area contributed by atoms with E-state index in [4.69, 9.17) is 5.26 Å². The minimum Gasteiger partial charge on any atom is -0.325 e. The van der Waals surface area contributed by atoms with E-state index in [1.165, 1.54) is 18.3 Å². The van der Waals surface area contributed by atoms with Gasteiger partial charge in [-0.05, 0) is 24.3 Å². The van der Waals surface area contributed by atoms with Crippen LogP contribution in [0.3, 0.4) is 0 Å². The van der Waals surface area contributed by atoms with Crippen LogP contribution in [0, 0.1) is 21.4 Å². The molecule has 0 saturated heterocycles. The van der Waals surface area contributed by atoms with E-state index in [1.54, 1.807) is 30.3 Å². The fourth-order valence-electron chi connectivity index (χ4n) is 1.63. The van der Waals surface area contributed by atoms with Gasteiger partial charge in [0.15, 0.2) is 5.03 Å². The van der Waals surface area contributed by atoms with E-state index in [1.807, 2.05) is 0 Å². The van der Waals surface area contributed by atoms with Gasteiger partial charge in [0, 0.05) is 22.8 Å². The number of rotatable bonds is 5. The zero-order valence-electron chi connectivity index (χ0n) is 11.2. The molecule has 0 unspecified atom stereocenters. The number of nitriles is 1. The Labute approximate surface area is 130 Å². The summed E-state index contributed by atoms with van der Waals surface area (Å²) < 4.78 is 0. The zero-order valence-corrected chi connectivity index (χ0v) is 12.0. The molecule has 1 aromatic heterocycles. The fourth-order valence-corrected chi connectivity index (χ4v) is 2.54. The topological polar surface area (TPSA) is 109 Å². The molecule has 0 fully saturated rings. The molecule has 2 rings (SSSR count). The van der Waals surface area contributed by atoms with Gasteiger partial charge in [0.05, 0.1) is 11.0 Å². The van der Waals surface area contributed by atoms with Crippen LogP contribution in [0.15, 0.2) is 52.5 Å². The first-order chi connectivity index (χ1) is 10.6. The number of amides is 1. The SMILES string of the molecule is N#CCC(=O)Nc1cccc(Sc2ncccc2[N+](=O)[O-])c1. The van der Waals surface area contributed by atoms with Crippen LogP contribution in [0.4, 0.5) is 11.4 Å². The number of nitro groups is 1. The minimum atomic E-state index is -0.492. The molecular formula is C14H10N4O3S. The van der Waals surface area contributed by atoms with Gasteiger partial charge in [-0.3, -0.25) is 14.9 Å². The highest BCUT2D eigenvalue weighted by atomic mass is 32.2. The third kappa shape index (κ3) is 4.04. The Morgan fingerprint density at radius 1 is 1.41 bits per heavy atom. The third-order valence-electron chi connectivity index (χ3n) is 2.52. The van der Waals surface area contributed by atoms with Gasteiger partial charge in [0.1, 0.15) is 6.42 Å². The summed E-state index contributed by atoms with van der Waals surface area (Å²) in [5, 5.41) is 22.3. The van der Waals surface area contributed by atoms with E-state index in [-0.39, 0.29) is 17.1 Å². The number of hydrogen-bond donors (Lipinski definition) is 1. The lowest BCUT2D eigenvalue weighted by atomic mass is 10.3. The Morgan fingerprint density at radius 2 is 2.23 bits per heavy atom. The van der Waals surface area contributed by atoms with Crippen molar-refractivity contribution in [2.75, 3.05) is 5.32 Å². The Morgan fingerprint density at radius 3 is 2.95 bits per heavy atom. The number of carbonyl (C=O) groups is 1. The number of anilines is 1. The van der Waals surface area contributed by atoms with Crippen LogP contribution in [0.25, 0.3) is 0 Å². The zero-order chi connectivity index (χ0) is 15.9. The highest BCUT2D eigenvalue weighted by Gasteiger charge is 2.15. The number of carbonyl (C=O) groups excluding carboxylic acids is 1. The van der Waals surface area contributed by atoms with Crippen LogP contribution in [0.2, 0.25) is 0 Å². The number of nitrogens with zero attached hydrogens (tertiary/aromatic N) is 3. The van der Waals surface area contributed by atoms with Crippen LogP contribution in [-0.2, 0) is 4.79 Å². The Kier molecular flexibility index (Phi) is 5.06. The molecule has 2 aromatic rings. The molecule has 110 valence electrons. The number of nitrogens with one attached hydrogen (secondary N) is 1. The molecule has 0 saturated carbocycles. The Balaban J connectivity index is 2.19. The highest BCUT2D eigenvalue weighted by Crippen LogP contribution is 2.33. The van der Waals surface area contributed by atoms with Crippen molar-refractivity contribution in [2.24, 2.45) is 0 Å². The summed E-state index contributed by atoms with van der Waals surface area (Å²) in [7, 11) is 0. The molecular weight excluding hydrogens is 304 g/mol. The van der Waals surface area contributed by atoms with Crippen molar-refractivity contribution in [3.63, 3.8) is 0 Å². The molecule has 1 heterocycles. The molecule has 0 aliphatic carbocycles. The summed E-state index contributed by atoms with van der Waals surface area (Å²) in [5.74, 6) is -0.409. The lowest BCUT2D eigenvalue weighted by molar-refractivity contribution is -0.388. The number of benzene rings is 1. The molecule has 1 aromatic carbocycles. The Bertz CT molecular complexity index is 758. The molecule has 7 nitrogen and oxygen atoms in total. The van der Waals surface area contributed by atoms with E-state index < -0.39 is 10.8 Å². The maximum atomic E-state index is 11.4. The largest absolute Gasteiger partial charge is 0.325 e. The highest BCUT2D eigenvalue weighted by molar-refractivity contribution is 7.99. The molecule has 0 aliphatic rings. The first kappa shape index (κ1) is 15.5. The van der Waals surface area contributed by atoms with Crippen LogP contribution < -0.4 is 5.32 Å². The lowest BCUT2D eigenvalue weighted by Crippen LogP contribution is -2.09. The lowest BCUT2D eigenvalue weighted by Gasteiger charge is -2.06. The first-order valence-electron chi connectivity index (χ1n) is 6.14. The van der Waals surface area contributed by atoms with Crippen LogP contribution in [-0.4, -0.2) is 15.8 Å². The molecule has 1 N–H and O–H groups in total. The average molecular weight is 314 g/mol. The summed E-state index contributed by atoms with van der Waals surface area (Å²) in [6, 6.07) is 11.4. The van der Waals surface area contributed by atoms with Crippen LogP contribution in [0.5, 0.6) is 0 Å². The van der Waals surface area contributed by atoms with Gasteiger partial charge in [-0.15, -0.1) is 0 Å². The Hall–Kier alpha value is -2.92. The second-order valence-electron chi connectivity index (χ2n) is 4.10. The second kappa shape index (κ2) is 7.19. The van der Waals surface area contributed by atoms with Gasteiger partial charge in [0.25, 0.3) is 0 Å². The first-order valence-corrected chi connectivity index (χ1v) is 6.96. The number of hydrogen-bond acceptors (Lipinski definition) is 6. The van der Waals surface area contributed by atoms with Gasteiger partial charge < -0.3 is 5.32 Å². The molecule has 0 aliphatic heterocycles. The van der Waals surface area contributed by atoms with E-state index >= 15 is 0 Å². The molecule has 0 radical (unpaired) electrons. The van der Waals surface area contributed by atoms with Gasteiger partial charge in [0.2, 0.25) is 5.91 Å². The number of aromatic nitrogens is 1. The van der Waals surface area contributed by atoms with Gasteiger partial charge in [-0.25, -0.2) is 4.98 Å². The maximum absolute atomic E-state index is 11.4. The van der Waals surface area contributed by atoms with Gasteiger partial charge in [-0.1, -0.05) is 17.8 Å². The smallest absolute Gasteiger partial charge is 0.301 e. The maximum Gasteiger partial charge on any atom is 0.301 e. The predicted octanol–water partition coefficient (Wildman–Crippen LogP) is 2.99. The van der Waals surface area contributed by atoms with Crippen LogP contribution >= 0.6 is 11.8 Å². The second-order valence-corrected chi connectivity index (χ2v) is 5.16. The third-order valence-corrected chi connectivity index (χ3v) is 3.52. The van der Waals surface area contributed by atoms with E-state index in [2.05, 4.69) is 10.3 Å². The summed E-state index contributed by atoms with van der Waals surface area (Å²) in [4.78, 5) is 26.5. The normalized spacial score (nSPS) is 9.77. The summed E-state index contributed by atoms with van der Waals surface area (Å²) in [5.41, 5.74) is 0.440. The molecule has 0 bridgehead atoms. The monoisotopic (exact) mass is 314 g/mol. The quantitative estimate of drug-likeness (QED) is 0.671. The van der Waals surface area contributed by atoms with E-state index in [9.17, 15) is 14.9 Å². The number of pyridine rings is 1. The predicted molar refractivity (Wildman–Crippen MR) is 80.3 cm³/mol.